The molecule has 1 saturated carbocycles. The molecule has 0 saturated heterocycles. The molecule has 1 fully saturated rings. The van der Waals surface area contributed by atoms with Gasteiger partial charge < -0.3 is 14.9 Å². The molecule has 1 N–H and O–H groups in total. The van der Waals surface area contributed by atoms with Crippen molar-refractivity contribution in [2.24, 2.45) is 0 Å². The standard InChI is InChI=1S/C15H21N3O3/c1-17(10-12-5-4-8-16-9-12)15(21)18(11-14(19)20)13-6-2-3-7-13/h4-5,8-9,13H,2-3,6-7,10-11H2,1H3,(H,19,20). The number of aliphatic carboxylic acids is 1. The van der Waals surface area contributed by atoms with E-state index in [-0.39, 0.29) is 18.6 Å². The highest BCUT2D eigenvalue weighted by atomic mass is 16.4. The number of carboxylic acid groups (broad SMARTS) is 1. The van der Waals surface area contributed by atoms with Crippen molar-refractivity contribution in [3.05, 3.63) is 30.1 Å². The zero-order valence-electron chi connectivity index (χ0n) is 12.2. The molecule has 21 heavy (non-hydrogen) atoms. The Kier molecular flexibility index (Phi) is 5.14. The van der Waals surface area contributed by atoms with Crippen LogP contribution in [0.15, 0.2) is 24.5 Å². The molecule has 1 aromatic rings. The lowest BCUT2D eigenvalue weighted by atomic mass is 10.2. The van der Waals surface area contributed by atoms with Gasteiger partial charge in [0, 0.05) is 32.0 Å². The van der Waals surface area contributed by atoms with E-state index in [0.717, 1.165) is 31.2 Å². The number of pyridine rings is 1. The topological polar surface area (TPSA) is 73.7 Å². The van der Waals surface area contributed by atoms with Crippen molar-refractivity contribution in [2.45, 2.75) is 38.3 Å². The fourth-order valence-corrected chi connectivity index (χ4v) is 2.77. The molecule has 6 nitrogen and oxygen atoms in total. The van der Waals surface area contributed by atoms with Crippen LogP contribution in [0, 0.1) is 0 Å². The van der Waals surface area contributed by atoms with E-state index in [9.17, 15) is 9.59 Å². The van der Waals surface area contributed by atoms with Gasteiger partial charge in [-0.2, -0.15) is 0 Å². The van der Waals surface area contributed by atoms with Gasteiger partial charge >= 0.3 is 12.0 Å². The van der Waals surface area contributed by atoms with Crippen molar-refractivity contribution < 1.29 is 14.7 Å². The number of rotatable bonds is 5. The van der Waals surface area contributed by atoms with E-state index in [4.69, 9.17) is 5.11 Å². The summed E-state index contributed by atoms with van der Waals surface area (Å²) >= 11 is 0. The molecule has 0 unspecified atom stereocenters. The Bertz CT molecular complexity index is 486. The summed E-state index contributed by atoms with van der Waals surface area (Å²) in [7, 11) is 1.69. The molecule has 1 heterocycles. The highest BCUT2D eigenvalue weighted by Gasteiger charge is 2.30. The highest BCUT2D eigenvalue weighted by molar-refractivity contribution is 5.80. The molecular weight excluding hydrogens is 270 g/mol. The zero-order chi connectivity index (χ0) is 15.2. The summed E-state index contributed by atoms with van der Waals surface area (Å²) in [6, 6.07) is 3.53. The normalized spacial score (nSPS) is 14.9. The van der Waals surface area contributed by atoms with Gasteiger partial charge in [0.1, 0.15) is 6.54 Å². The smallest absolute Gasteiger partial charge is 0.323 e. The third kappa shape index (κ3) is 4.18. The monoisotopic (exact) mass is 291 g/mol. The van der Waals surface area contributed by atoms with E-state index in [1.165, 1.54) is 4.90 Å². The zero-order valence-corrected chi connectivity index (χ0v) is 12.2. The molecule has 2 amide bonds. The van der Waals surface area contributed by atoms with Crippen LogP contribution in [0.4, 0.5) is 4.79 Å². The Balaban J connectivity index is 2.04. The predicted octanol–water partition coefficient (Wildman–Crippen LogP) is 1.96. The van der Waals surface area contributed by atoms with Crippen molar-refractivity contribution in [1.29, 1.82) is 0 Å². The van der Waals surface area contributed by atoms with Gasteiger partial charge in [-0.1, -0.05) is 18.9 Å². The molecule has 0 aromatic carbocycles. The third-order valence-electron chi connectivity index (χ3n) is 3.79. The molecule has 6 heteroatoms. The highest BCUT2D eigenvalue weighted by Crippen LogP contribution is 2.24. The van der Waals surface area contributed by atoms with Crippen LogP contribution in [0.3, 0.4) is 0 Å². The summed E-state index contributed by atoms with van der Waals surface area (Å²) in [5.41, 5.74) is 0.926. The van der Waals surface area contributed by atoms with E-state index < -0.39 is 5.97 Å². The second-order valence-corrected chi connectivity index (χ2v) is 5.46. The fraction of sp³-hybridized carbons (Fsp3) is 0.533. The van der Waals surface area contributed by atoms with Gasteiger partial charge in [-0.3, -0.25) is 9.78 Å². The number of hydrogen-bond donors (Lipinski definition) is 1. The van der Waals surface area contributed by atoms with Crippen molar-refractivity contribution in [3.8, 4) is 0 Å². The Labute approximate surface area is 124 Å². The first-order valence-electron chi connectivity index (χ1n) is 7.20. The minimum Gasteiger partial charge on any atom is -0.480 e. The molecule has 2 rings (SSSR count). The van der Waals surface area contributed by atoms with Gasteiger partial charge in [0.05, 0.1) is 0 Å². The SMILES string of the molecule is CN(Cc1cccnc1)C(=O)N(CC(=O)O)C1CCCC1. The van der Waals surface area contributed by atoms with Crippen molar-refractivity contribution in [1.82, 2.24) is 14.8 Å². The van der Waals surface area contributed by atoms with E-state index in [0.29, 0.717) is 6.54 Å². The number of carbonyl (C=O) groups excluding carboxylic acids is 1. The average Bonchev–Trinajstić information content (AvgIpc) is 2.99. The van der Waals surface area contributed by atoms with Gasteiger partial charge in [0.2, 0.25) is 0 Å². The summed E-state index contributed by atoms with van der Waals surface area (Å²) in [5.74, 6) is -0.968. The molecule has 1 aromatic heterocycles. The Morgan fingerprint density at radius 2 is 2.10 bits per heavy atom. The van der Waals surface area contributed by atoms with Crippen LogP contribution in [0.5, 0.6) is 0 Å². The lowest BCUT2D eigenvalue weighted by Crippen LogP contribution is -2.48. The largest absolute Gasteiger partial charge is 0.480 e. The first-order valence-corrected chi connectivity index (χ1v) is 7.20. The summed E-state index contributed by atoms with van der Waals surface area (Å²) in [6.07, 6.45) is 7.28. The van der Waals surface area contributed by atoms with Gasteiger partial charge in [0.15, 0.2) is 0 Å². The van der Waals surface area contributed by atoms with Crippen LogP contribution < -0.4 is 0 Å². The summed E-state index contributed by atoms with van der Waals surface area (Å²) in [5, 5.41) is 9.04. The second-order valence-electron chi connectivity index (χ2n) is 5.46. The van der Waals surface area contributed by atoms with E-state index in [2.05, 4.69) is 4.98 Å². The second kappa shape index (κ2) is 7.06. The number of carboxylic acids is 1. The summed E-state index contributed by atoms with van der Waals surface area (Å²) in [4.78, 5) is 30.6. The molecular formula is C15H21N3O3. The Morgan fingerprint density at radius 3 is 2.67 bits per heavy atom. The number of nitrogens with zero attached hydrogens (tertiary/aromatic N) is 3. The number of amides is 2. The summed E-state index contributed by atoms with van der Waals surface area (Å²) in [6.45, 7) is 0.191. The quantitative estimate of drug-likeness (QED) is 0.900. The summed E-state index contributed by atoms with van der Waals surface area (Å²) < 4.78 is 0. The number of carbonyl (C=O) groups is 2. The molecule has 0 bridgehead atoms. The van der Waals surface area contributed by atoms with Gasteiger partial charge in [0.25, 0.3) is 0 Å². The van der Waals surface area contributed by atoms with E-state index in [1.807, 2.05) is 12.1 Å². The van der Waals surface area contributed by atoms with Crippen LogP contribution in [0.1, 0.15) is 31.2 Å². The average molecular weight is 291 g/mol. The Hall–Kier alpha value is -2.11. The predicted molar refractivity (Wildman–Crippen MR) is 77.7 cm³/mol. The Morgan fingerprint density at radius 1 is 1.38 bits per heavy atom. The number of aromatic nitrogens is 1. The van der Waals surface area contributed by atoms with Crippen LogP contribution in [-0.2, 0) is 11.3 Å². The van der Waals surface area contributed by atoms with Crippen molar-refractivity contribution in [3.63, 3.8) is 0 Å². The number of hydrogen-bond acceptors (Lipinski definition) is 3. The number of urea groups is 1. The third-order valence-corrected chi connectivity index (χ3v) is 3.79. The van der Waals surface area contributed by atoms with Gasteiger partial charge in [-0.15, -0.1) is 0 Å². The molecule has 0 spiro atoms. The van der Waals surface area contributed by atoms with Crippen molar-refractivity contribution in [2.75, 3.05) is 13.6 Å². The maximum Gasteiger partial charge on any atom is 0.323 e. The first-order chi connectivity index (χ1) is 10.1. The maximum absolute atomic E-state index is 12.5. The van der Waals surface area contributed by atoms with Crippen LogP contribution >= 0.6 is 0 Å². The minimum absolute atomic E-state index is 0.0462. The van der Waals surface area contributed by atoms with Gasteiger partial charge in [-0.05, 0) is 24.5 Å². The fourth-order valence-electron chi connectivity index (χ4n) is 2.77. The van der Waals surface area contributed by atoms with Crippen molar-refractivity contribution >= 4 is 12.0 Å². The lowest BCUT2D eigenvalue weighted by Gasteiger charge is -2.31. The van der Waals surface area contributed by atoms with Crippen LogP contribution in [-0.4, -0.2) is 51.5 Å². The molecule has 1 aliphatic rings. The molecule has 0 atom stereocenters. The van der Waals surface area contributed by atoms with Crippen LogP contribution in [0.2, 0.25) is 0 Å². The molecule has 1 aliphatic carbocycles. The maximum atomic E-state index is 12.5. The lowest BCUT2D eigenvalue weighted by molar-refractivity contribution is -0.138. The first kappa shape index (κ1) is 15.3. The minimum atomic E-state index is -0.968. The van der Waals surface area contributed by atoms with Crippen LogP contribution in [0.25, 0.3) is 0 Å². The van der Waals surface area contributed by atoms with Gasteiger partial charge in [-0.25, -0.2) is 4.79 Å². The van der Waals surface area contributed by atoms with E-state index in [1.54, 1.807) is 24.3 Å². The van der Waals surface area contributed by atoms with E-state index >= 15 is 0 Å². The molecule has 114 valence electrons. The molecule has 0 aliphatic heterocycles. The molecule has 0 radical (unpaired) electrons.